The van der Waals surface area contributed by atoms with E-state index in [9.17, 15) is 4.79 Å². The van der Waals surface area contributed by atoms with Gasteiger partial charge in [-0.05, 0) is 50.3 Å². The number of amides is 2. The van der Waals surface area contributed by atoms with Crippen molar-refractivity contribution >= 4 is 17.7 Å². The molecule has 6 heteroatoms. The average Bonchev–Trinajstić information content (AvgIpc) is 3.01. The quantitative estimate of drug-likeness (QED) is 0.886. The number of rotatable bonds is 2. The number of hydrogen-bond donors (Lipinski definition) is 1. The lowest BCUT2D eigenvalue weighted by Crippen LogP contribution is -2.49. The molecule has 4 rings (SSSR count). The Bertz CT molecular complexity index is 844. The zero-order chi connectivity index (χ0) is 19.0. The van der Waals surface area contributed by atoms with Crippen LogP contribution in [0.4, 0.5) is 16.4 Å². The number of carbonyl (C=O) groups excluding carboxylic acids is 1. The number of likely N-dealkylation sites (tertiary alicyclic amines) is 1. The van der Waals surface area contributed by atoms with Crippen molar-refractivity contribution in [1.29, 1.82) is 0 Å². The van der Waals surface area contributed by atoms with Gasteiger partial charge >= 0.3 is 6.03 Å². The summed E-state index contributed by atoms with van der Waals surface area (Å²) in [6.45, 7) is 3.56. The van der Waals surface area contributed by atoms with Gasteiger partial charge in [-0.25, -0.2) is 14.8 Å². The Morgan fingerprint density at radius 3 is 2.74 bits per heavy atom. The molecule has 1 spiro atoms. The number of hydrogen-bond acceptors (Lipinski definition) is 4. The second-order valence-corrected chi connectivity index (χ2v) is 8.04. The third-order valence-electron chi connectivity index (χ3n) is 5.79. The molecule has 1 fully saturated rings. The van der Waals surface area contributed by atoms with Crippen molar-refractivity contribution in [2.45, 2.75) is 38.0 Å². The predicted molar refractivity (Wildman–Crippen MR) is 107 cm³/mol. The number of fused-ring (bicyclic) bond motifs is 2. The van der Waals surface area contributed by atoms with Gasteiger partial charge in [-0.3, -0.25) is 0 Å². The Labute approximate surface area is 160 Å². The van der Waals surface area contributed by atoms with E-state index in [2.05, 4.69) is 10.3 Å². The van der Waals surface area contributed by atoms with E-state index >= 15 is 0 Å². The maximum absolute atomic E-state index is 12.9. The van der Waals surface area contributed by atoms with E-state index in [-0.39, 0.29) is 11.4 Å². The Balaban J connectivity index is 1.54. The van der Waals surface area contributed by atoms with Gasteiger partial charge in [0, 0.05) is 44.5 Å². The van der Waals surface area contributed by atoms with E-state index in [0.29, 0.717) is 0 Å². The van der Waals surface area contributed by atoms with E-state index in [0.717, 1.165) is 56.1 Å². The van der Waals surface area contributed by atoms with Crippen LogP contribution < -0.4 is 10.2 Å². The van der Waals surface area contributed by atoms with Crippen LogP contribution in [0.5, 0.6) is 0 Å². The molecule has 2 amide bonds. The molecule has 0 saturated carbocycles. The summed E-state index contributed by atoms with van der Waals surface area (Å²) in [4.78, 5) is 26.1. The fourth-order valence-corrected chi connectivity index (χ4v) is 4.29. The van der Waals surface area contributed by atoms with Crippen molar-refractivity contribution in [2.75, 3.05) is 37.4 Å². The minimum Gasteiger partial charge on any atom is -0.347 e. The largest absolute Gasteiger partial charge is 0.347 e. The van der Waals surface area contributed by atoms with E-state index in [4.69, 9.17) is 4.98 Å². The minimum atomic E-state index is -0.0358. The molecule has 1 atom stereocenters. The highest BCUT2D eigenvalue weighted by atomic mass is 16.2. The van der Waals surface area contributed by atoms with E-state index in [1.54, 1.807) is 0 Å². The number of nitrogens with one attached hydrogen (secondary N) is 1. The van der Waals surface area contributed by atoms with Crippen LogP contribution in [-0.2, 0) is 11.8 Å². The lowest BCUT2D eigenvalue weighted by molar-refractivity contribution is 0.157. The fraction of sp³-hybridized carbons (Fsp3) is 0.476. The molecule has 2 heterocycles. The first-order valence-corrected chi connectivity index (χ1v) is 9.63. The summed E-state index contributed by atoms with van der Waals surface area (Å²) in [5.41, 5.74) is 4.37. The standard InChI is InChI=1S/C21H27N5O/c1-15-5-7-17(8-6-15)23-20(27)26-12-4-10-21(14-26)11-9-16-13-22-19(25(2)3)24-18(16)21/h5-8,13H,4,9-12,14H2,1-3H3,(H,23,27). The molecule has 2 aliphatic rings. The van der Waals surface area contributed by atoms with Gasteiger partial charge in [0.2, 0.25) is 5.95 Å². The Morgan fingerprint density at radius 1 is 1.22 bits per heavy atom. The highest BCUT2D eigenvalue weighted by Gasteiger charge is 2.44. The number of benzene rings is 1. The molecular weight excluding hydrogens is 338 g/mol. The SMILES string of the molecule is Cc1ccc(NC(=O)N2CCCC3(CCc4cnc(N(C)C)nc43)C2)cc1. The number of carbonyl (C=O) groups is 1. The maximum Gasteiger partial charge on any atom is 0.321 e. The van der Waals surface area contributed by atoms with Gasteiger partial charge < -0.3 is 15.1 Å². The van der Waals surface area contributed by atoms with Crippen molar-refractivity contribution in [1.82, 2.24) is 14.9 Å². The molecular formula is C21H27N5O. The van der Waals surface area contributed by atoms with Gasteiger partial charge in [-0.15, -0.1) is 0 Å². The van der Waals surface area contributed by atoms with Crippen molar-refractivity contribution in [3.05, 3.63) is 47.3 Å². The van der Waals surface area contributed by atoms with Gasteiger partial charge in [0.15, 0.2) is 0 Å². The number of anilines is 2. The monoisotopic (exact) mass is 365 g/mol. The van der Waals surface area contributed by atoms with Crippen molar-refractivity contribution in [3.63, 3.8) is 0 Å². The summed E-state index contributed by atoms with van der Waals surface area (Å²) in [5, 5.41) is 3.04. The smallest absolute Gasteiger partial charge is 0.321 e. The highest BCUT2D eigenvalue weighted by Crippen LogP contribution is 2.44. The molecule has 142 valence electrons. The number of piperidine rings is 1. The Morgan fingerprint density at radius 2 is 2.00 bits per heavy atom. The number of urea groups is 1. The second-order valence-electron chi connectivity index (χ2n) is 8.04. The second kappa shape index (κ2) is 6.83. The Kier molecular flexibility index (Phi) is 4.50. The van der Waals surface area contributed by atoms with Crippen LogP contribution >= 0.6 is 0 Å². The fourth-order valence-electron chi connectivity index (χ4n) is 4.29. The molecule has 0 radical (unpaired) electrons. The van der Waals surface area contributed by atoms with Crippen LogP contribution in [0.25, 0.3) is 0 Å². The summed E-state index contributed by atoms with van der Waals surface area (Å²) < 4.78 is 0. The zero-order valence-electron chi connectivity index (χ0n) is 16.3. The van der Waals surface area contributed by atoms with Gasteiger partial charge in [0.05, 0.1) is 5.69 Å². The topological polar surface area (TPSA) is 61.4 Å². The van der Waals surface area contributed by atoms with Gasteiger partial charge in [0.25, 0.3) is 0 Å². The molecule has 2 aromatic rings. The van der Waals surface area contributed by atoms with Gasteiger partial charge in [-0.2, -0.15) is 0 Å². The maximum atomic E-state index is 12.9. The minimum absolute atomic E-state index is 0.0201. The third kappa shape index (κ3) is 3.36. The first-order chi connectivity index (χ1) is 13.0. The summed E-state index contributed by atoms with van der Waals surface area (Å²) in [6.07, 6.45) is 6.09. The van der Waals surface area contributed by atoms with E-state index in [1.807, 2.05) is 61.3 Å². The number of nitrogens with zero attached hydrogens (tertiary/aromatic N) is 4. The molecule has 27 heavy (non-hydrogen) atoms. The van der Waals surface area contributed by atoms with Crippen LogP contribution in [0.3, 0.4) is 0 Å². The molecule has 1 aromatic heterocycles. The zero-order valence-corrected chi connectivity index (χ0v) is 16.3. The van der Waals surface area contributed by atoms with Gasteiger partial charge in [0.1, 0.15) is 0 Å². The Hall–Kier alpha value is -2.63. The van der Waals surface area contributed by atoms with E-state index in [1.165, 1.54) is 11.1 Å². The highest BCUT2D eigenvalue weighted by molar-refractivity contribution is 5.89. The molecule has 1 aliphatic heterocycles. The molecule has 1 saturated heterocycles. The summed E-state index contributed by atoms with van der Waals surface area (Å²) >= 11 is 0. The molecule has 0 bridgehead atoms. The van der Waals surface area contributed by atoms with Crippen LogP contribution in [0, 0.1) is 6.92 Å². The number of aryl methyl sites for hydroxylation is 2. The third-order valence-corrected chi connectivity index (χ3v) is 5.79. The summed E-state index contributed by atoms with van der Waals surface area (Å²) in [7, 11) is 3.93. The predicted octanol–water partition coefficient (Wildman–Crippen LogP) is 3.36. The lowest BCUT2D eigenvalue weighted by Gasteiger charge is -2.40. The lowest BCUT2D eigenvalue weighted by atomic mass is 9.77. The van der Waals surface area contributed by atoms with Crippen molar-refractivity contribution in [2.24, 2.45) is 0 Å². The molecule has 1 N–H and O–H groups in total. The van der Waals surface area contributed by atoms with Crippen LogP contribution in [0.2, 0.25) is 0 Å². The molecule has 1 aliphatic carbocycles. The first kappa shape index (κ1) is 17.8. The van der Waals surface area contributed by atoms with E-state index < -0.39 is 0 Å². The van der Waals surface area contributed by atoms with Crippen LogP contribution in [-0.4, -0.2) is 48.1 Å². The van der Waals surface area contributed by atoms with Crippen LogP contribution in [0.1, 0.15) is 36.1 Å². The van der Waals surface area contributed by atoms with Crippen molar-refractivity contribution < 1.29 is 4.79 Å². The molecule has 6 nitrogen and oxygen atoms in total. The van der Waals surface area contributed by atoms with Crippen molar-refractivity contribution in [3.8, 4) is 0 Å². The number of aromatic nitrogens is 2. The van der Waals surface area contributed by atoms with Crippen LogP contribution in [0.15, 0.2) is 30.5 Å². The summed E-state index contributed by atoms with van der Waals surface area (Å²) in [5.74, 6) is 0.747. The normalized spacial score (nSPS) is 21.2. The van der Waals surface area contributed by atoms with Gasteiger partial charge in [-0.1, -0.05) is 17.7 Å². The summed E-state index contributed by atoms with van der Waals surface area (Å²) in [6, 6.07) is 7.91. The first-order valence-electron chi connectivity index (χ1n) is 9.63. The molecule has 1 unspecified atom stereocenters. The average molecular weight is 365 g/mol. The molecule has 1 aromatic carbocycles.